The molecule has 0 spiro atoms. The Morgan fingerprint density at radius 1 is 1.53 bits per heavy atom. The van der Waals surface area contributed by atoms with E-state index in [0.29, 0.717) is 24.2 Å². The molecule has 1 heterocycles. The normalized spacial score (nSPS) is 14.7. The molecule has 90 valence electrons. The van der Waals surface area contributed by atoms with Crippen molar-refractivity contribution in [2.24, 2.45) is 0 Å². The molecule has 5 heteroatoms. The summed E-state index contributed by atoms with van der Waals surface area (Å²) in [7, 11) is 1.73. The van der Waals surface area contributed by atoms with Gasteiger partial charge in [-0.1, -0.05) is 15.9 Å². The Labute approximate surface area is 108 Å². The summed E-state index contributed by atoms with van der Waals surface area (Å²) in [6.45, 7) is 0.748. The van der Waals surface area contributed by atoms with Crippen LogP contribution in [0, 0.1) is 0 Å². The molecule has 0 fully saturated rings. The summed E-state index contributed by atoms with van der Waals surface area (Å²) in [5, 5.41) is 2.83. The highest BCUT2D eigenvalue weighted by Crippen LogP contribution is 2.29. The number of carbonyl (C=O) groups excluding carboxylic acids is 2. The first kappa shape index (κ1) is 12.3. The minimum Gasteiger partial charge on any atom is -0.311 e. The van der Waals surface area contributed by atoms with Gasteiger partial charge >= 0.3 is 0 Å². The molecule has 1 N–H and O–H groups in total. The molecule has 0 aliphatic carbocycles. The zero-order valence-corrected chi connectivity index (χ0v) is 11.1. The zero-order valence-electron chi connectivity index (χ0n) is 9.50. The first-order valence-corrected chi connectivity index (χ1v) is 6.20. The average Bonchev–Trinajstić information content (AvgIpc) is 2.30. The summed E-state index contributed by atoms with van der Waals surface area (Å²) in [6.07, 6.45) is 0.388. The molecule has 0 atom stereocenters. The number of likely N-dealkylation sites (N-methyl/N-ethyl adjacent to an activating group) is 1. The maximum atomic E-state index is 11.9. The highest BCUT2D eigenvalue weighted by Gasteiger charge is 2.26. The van der Waals surface area contributed by atoms with Crippen molar-refractivity contribution < 1.29 is 9.59 Å². The summed E-state index contributed by atoms with van der Waals surface area (Å²) >= 11 is 3.34. The van der Waals surface area contributed by atoms with Crippen molar-refractivity contribution in [3.63, 3.8) is 0 Å². The van der Waals surface area contributed by atoms with Gasteiger partial charge in [-0.2, -0.15) is 0 Å². The van der Waals surface area contributed by atoms with Crippen molar-refractivity contribution >= 4 is 33.3 Å². The Balaban J connectivity index is 2.39. The van der Waals surface area contributed by atoms with Gasteiger partial charge in [-0.3, -0.25) is 9.59 Å². The van der Waals surface area contributed by atoms with Gasteiger partial charge in [-0.15, -0.1) is 0 Å². The first-order valence-electron chi connectivity index (χ1n) is 5.41. The highest BCUT2D eigenvalue weighted by atomic mass is 79.9. The minimum absolute atomic E-state index is 0.0106. The molecule has 4 nitrogen and oxygen atoms in total. The Hall–Kier alpha value is -1.20. The Morgan fingerprint density at radius 2 is 2.29 bits per heavy atom. The summed E-state index contributed by atoms with van der Waals surface area (Å²) in [4.78, 5) is 25.3. The van der Waals surface area contributed by atoms with Crippen LogP contribution < -0.4 is 10.2 Å². The van der Waals surface area contributed by atoms with Crippen LogP contribution in [-0.4, -0.2) is 31.8 Å². The van der Waals surface area contributed by atoms with Crippen LogP contribution in [0.15, 0.2) is 22.7 Å². The molecule has 0 bridgehead atoms. The second-order valence-corrected chi connectivity index (χ2v) is 4.83. The molecule has 1 aliphatic heterocycles. The van der Waals surface area contributed by atoms with Gasteiger partial charge in [0.2, 0.25) is 5.91 Å². The molecule has 1 aliphatic rings. The highest BCUT2D eigenvalue weighted by molar-refractivity contribution is 9.10. The number of amides is 1. The number of ketones is 1. The first-order chi connectivity index (χ1) is 8.13. The lowest BCUT2D eigenvalue weighted by Crippen LogP contribution is -2.41. The van der Waals surface area contributed by atoms with Gasteiger partial charge in [0.05, 0.1) is 12.2 Å². The van der Waals surface area contributed by atoms with Crippen molar-refractivity contribution in [2.75, 3.05) is 25.0 Å². The third kappa shape index (κ3) is 2.40. The predicted octanol–water partition coefficient (Wildman–Crippen LogP) is 1.59. The minimum atomic E-state index is -0.0106. The number of fused-ring (bicyclic) bond motifs is 1. The summed E-state index contributed by atoms with van der Waals surface area (Å²) in [5.41, 5.74) is 1.33. The standard InChI is InChI=1S/C12H13BrN2O2/c1-14-7-12(17)15-5-4-11(16)9-6-8(13)2-3-10(9)15/h2-3,6,14H,4-5,7H2,1H3. The number of hydrogen-bond donors (Lipinski definition) is 1. The number of rotatable bonds is 2. The van der Waals surface area contributed by atoms with Crippen molar-refractivity contribution in [2.45, 2.75) is 6.42 Å². The van der Waals surface area contributed by atoms with Crippen molar-refractivity contribution in [3.05, 3.63) is 28.2 Å². The Kier molecular flexibility index (Phi) is 3.59. The van der Waals surface area contributed by atoms with E-state index in [1.54, 1.807) is 18.0 Å². The summed E-state index contributed by atoms with van der Waals surface area (Å²) in [5.74, 6) is 0.0818. The van der Waals surface area contributed by atoms with Crippen LogP contribution in [0.4, 0.5) is 5.69 Å². The number of nitrogens with zero attached hydrogens (tertiary/aromatic N) is 1. The lowest BCUT2D eigenvalue weighted by atomic mass is 10.0. The van der Waals surface area contributed by atoms with Gasteiger partial charge in [-0.25, -0.2) is 0 Å². The molecular formula is C12H13BrN2O2. The number of benzene rings is 1. The van der Waals surface area contributed by atoms with Crippen molar-refractivity contribution in [1.29, 1.82) is 0 Å². The maximum absolute atomic E-state index is 11.9. The van der Waals surface area contributed by atoms with Gasteiger partial charge in [0.15, 0.2) is 5.78 Å². The van der Waals surface area contributed by atoms with E-state index in [4.69, 9.17) is 0 Å². The topological polar surface area (TPSA) is 49.4 Å². The van der Waals surface area contributed by atoms with Crippen LogP contribution in [0.25, 0.3) is 0 Å². The predicted molar refractivity (Wildman–Crippen MR) is 69.4 cm³/mol. The van der Waals surface area contributed by atoms with Crippen LogP contribution >= 0.6 is 15.9 Å². The summed E-state index contributed by atoms with van der Waals surface area (Å²) in [6, 6.07) is 5.43. The summed E-state index contributed by atoms with van der Waals surface area (Å²) < 4.78 is 0.854. The molecular weight excluding hydrogens is 284 g/mol. The number of anilines is 1. The van der Waals surface area contributed by atoms with Gasteiger partial charge in [0.25, 0.3) is 0 Å². The molecule has 1 amide bonds. The SMILES string of the molecule is CNCC(=O)N1CCC(=O)c2cc(Br)ccc21. The van der Waals surface area contributed by atoms with E-state index in [0.717, 1.165) is 4.47 Å². The fraction of sp³-hybridized carbons (Fsp3) is 0.333. The van der Waals surface area contributed by atoms with E-state index in [1.165, 1.54) is 0 Å². The third-order valence-electron chi connectivity index (χ3n) is 2.74. The molecule has 0 saturated carbocycles. The number of nitrogens with one attached hydrogen (secondary N) is 1. The number of carbonyl (C=O) groups is 2. The quantitative estimate of drug-likeness (QED) is 0.902. The fourth-order valence-electron chi connectivity index (χ4n) is 1.94. The van der Waals surface area contributed by atoms with E-state index in [1.807, 2.05) is 12.1 Å². The van der Waals surface area contributed by atoms with Crippen molar-refractivity contribution in [1.82, 2.24) is 5.32 Å². The van der Waals surface area contributed by atoms with E-state index < -0.39 is 0 Å². The van der Waals surface area contributed by atoms with Gasteiger partial charge in [-0.05, 0) is 25.2 Å². The fourth-order valence-corrected chi connectivity index (χ4v) is 2.30. The van der Waals surface area contributed by atoms with E-state index >= 15 is 0 Å². The average molecular weight is 297 g/mol. The number of halogens is 1. The van der Waals surface area contributed by atoms with Crippen LogP contribution in [-0.2, 0) is 4.79 Å². The second kappa shape index (κ2) is 4.98. The van der Waals surface area contributed by atoms with E-state index in [2.05, 4.69) is 21.2 Å². The van der Waals surface area contributed by atoms with Crippen LogP contribution in [0.1, 0.15) is 16.8 Å². The lowest BCUT2D eigenvalue weighted by molar-refractivity contribution is -0.117. The van der Waals surface area contributed by atoms with E-state index in [9.17, 15) is 9.59 Å². The number of Topliss-reactive ketones (excluding diaryl/α,β-unsaturated/α-hetero) is 1. The Bertz CT molecular complexity index is 474. The van der Waals surface area contributed by atoms with Gasteiger partial charge in [0, 0.05) is 23.0 Å². The maximum Gasteiger partial charge on any atom is 0.240 e. The molecule has 0 aromatic heterocycles. The monoisotopic (exact) mass is 296 g/mol. The zero-order chi connectivity index (χ0) is 12.4. The molecule has 1 aromatic carbocycles. The smallest absolute Gasteiger partial charge is 0.240 e. The lowest BCUT2D eigenvalue weighted by Gasteiger charge is -2.28. The van der Waals surface area contributed by atoms with Gasteiger partial charge < -0.3 is 10.2 Å². The van der Waals surface area contributed by atoms with Crippen LogP contribution in [0.3, 0.4) is 0 Å². The molecule has 0 unspecified atom stereocenters. The van der Waals surface area contributed by atoms with Crippen LogP contribution in [0.5, 0.6) is 0 Å². The van der Waals surface area contributed by atoms with Crippen molar-refractivity contribution in [3.8, 4) is 0 Å². The Morgan fingerprint density at radius 3 is 3.00 bits per heavy atom. The number of hydrogen-bond acceptors (Lipinski definition) is 3. The second-order valence-electron chi connectivity index (χ2n) is 3.91. The largest absolute Gasteiger partial charge is 0.311 e. The van der Waals surface area contributed by atoms with E-state index in [-0.39, 0.29) is 18.2 Å². The molecule has 0 saturated heterocycles. The van der Waals surface area contributed by atoms with Crippen LogP contribution in [0.2, 0.25) is 0 Å². The molecule has 17 heavy (non-hydrogen) atoms. The molecule has 2 rings (SSSR count). The molecule has 0 radical (unpaired) electrons. The third-order valence-corrected chi connectivity index (χ3v) is 3.23. The molecule has 1 aromatic rings. The van der Waals surface area contributed by atoms with Gasteiger partial charge in [0.1, 0.15) is 0 Å².